The first kappa shape index (κ1) is 10.7. The van der Waals surface area contributed by atoms with Gasteiger partial charge in [-0.1, -0.05) is 11.3 Å². The number of hydrazine groups is 1. The van der Waals surface area contributed by atoms with Crippen LogP contribution in [-0.4, -0.2) is 22.5 Å². The van der Waals surface area contributed by atoms with E-state index in [9.17, 15) is 0 Å². The summed E-state index contributed by atoms with van der Waals surface area (Å²) in [4.78, 5) is 5.42. The Bertz CT molecular complexity index is 458. The number of nitrogens with one attached hydrogen (secondary N) is 1. The van der Waals surface area contributed by atoms with Crippen LogP contribution in [0.25, 0.3) is 10.2 Å². The Balaban J connectivity index is 2.29. The highest BCUT2D eigenvalue weighted by molar-refractivity contribution is 7.99. The zero-order chi connectivity index (χ0) is 10.7. The zero-order valence-corrected chi connectivity index (χ0v) is 9.57. The quantitative estimate of drug-likeness (QED) is 0.431. The third kappa shape index (κ3) is 2.40. The third-order valence-electron chi connectivity index (χ3n) is 1.84. The van der Waals surface area contributed by atoms with E-state index in [2.05, 4.69) is 16.5 Å². The van der Waals surface area contributed by atoms with Gasteiger partial charge in [-0.15, -0.1) is 11.8 Å². The molecule has 0 atom stereocenters. The van der Waals surface area contributed by atoms with Crippen molar-refractivity contribution in [2.45, 2.75) is 4.90 Å². The minimum Gasteiger partial charge on any atom is -0.396 e. The largest absolute Gasteiger partial charge is 0.396 e. The molecule has 0 bridgehead atoms. The molecule has 0 amide bonds. The van der Waals surface area contributed by atoms with Gasteiger partial charge in [0.15, 0.2) is 5.13 Å². The Morgan fingerprint density at radius 1 is 1.53 bits per heavy atom. The molecule has 0 spiro atoms. The Morgan fingerprint density at radius 2 is 2.40 bits per heavy atom. The molecule has 1 heterocycles. The monoisotopic (exact) mass is 241 g/mol. The second-order valence-corrected chi connectivity index (χ2v) is 5.06. The maximum absolute atomic E-state index is 8.73. The molecule has 4 N–H and O–H groups in total. The van der Waals surface area contributed by atoms with Crippen LogP contribution in [0.15, 0.2) is 23.1 Å². The molecule has 6 heteroatoms. The topological polar surface area (TPSA) is 71.2 Å². The lowest BCUT2D eigenvalue weighted by atomic mass is 10.3. The van der Waals surface area contributed by atoms with Crippen LogP contribution in [0.3, 0.4) is 0 Å². The summed E-state index contributed by atoms with van der Waals surface area (Å²) in [7, 11) is 0. The Morgan fingerprint density at radius 3 is 3.13 bits per heavy atom. The number of fused-ring (bicyclic) bond motifs is 1. The fraction of sp³-hybridized carbons (Fsp3) is 0.222. The van der Waals surface area contributed by atoms with Crippen molar-refractivity contribution in [3.8, 4) is 0 Å². The Hall–Kier alpha value is -0.820. The van der Waals surface area contributed by atoms with Gasteiger partial charge in [0.2, 0.25) is 0 Å². The van der Waals surface area contributed by atoms with E-state index >= 15 is 0 Å². The lowest BCUT2D eigenvalue weighted by molar-refractivity contribution is 0.322. The lowest BCUT2D eigenvalue weighted by Crippen LogP contribution is -2.05. The van der Waals surface area contributed by atoms with Crippen molar-refractivity contribution >= 4 is 38.4 Å². The highest BCUT2D eigenvalue weighted by Crippen LogP contribution is 2.29. The molecule has 0 fully saturated rings. The predicted molar refractivity (Wildman–Crippen MR) is 65.2 cm³/mol. The number of nitrogens with two attached hydrogens (primary N) is 1. The molecule has 1 aromatic carbocycles. The number of aromatic nitrogens is 1. The van der Waals surface area contributed by atoms with E-state index in [-0.39, 0.29) is 6.61 Å². The van der Waals surface area contributed by atoms with Crippen molar-refractivity contribution in [1.82, 2.24) is 4.98 Å². The smallest absolute Gasteiger partial charge is 0.198 e. The summed E-state index contributed by atoms with van der Waals surface area (Å²) in [6.07, 6.45) is 0. The summed E-state index contributed by atoms with van der Waals surface area (Å²) < 4.78 is 1.10. The van der Waals surface area contributed by atoms with Crippen LogP contribution >= 0.6 is 23.1 Å². The second kappa shape index (κ2) is 4.80. The molecule has 0 aliphatic heterocycles. The fourth-order valence-corrected chi connectivity index (χ4v) is 2.80. The van der Waals surface area contributed by atoms with E-state index in [0.717, 1.165) is 15.1 Å². The summed E-state index contributed by atoms with van der Waals surface area (Å²) in [5, 5.41) is 9.44. The lowest BCUT2D eigenvalue weighted by Gasteiger charge is -1.97. The van der Waals surface area contributed by atoms with Gasteiger partial charge in [-0.25, -0.2) is 10.8 Å². The maximum Gasteiger partial charge on any atom is 0.198 e. The van der Waals surface area contributed by atoms with Crippen LogP contribution in [0, 0.1) is 0 Å². The predicted octanol–water partition coefficient (Wildman–Crippen LogP) is 1.67. The minimum absolute atomic E-state index is 0.195. The van der Waals surface area contributed by atoms with E-state index < -0.39 is 0 Å². The first-order valence-corrected chi connectivity index (χ1v) is 6.24. The van der Waals surface area contributed by atoms with Crippen molar-refractivity contribution in [2.75, 3.05) is 17.8 Å². The van der Waals surface area contributed by atoms with Gasteiger partial charge in [-0.3, -0.25) is 5.43 Å². The highest BCUT2D eigenvalue weighted by atomic mass is 32.2. The summed E-state index contributed by atoms with van der Waals surface area (Å²) in [5.41, 5.74) is 3.49. The normalized spacial score (nSPS) is 10.8. The van der Waals surface area contributed by atoms with Crippen LogP contribution in [0.4, 0.5) is 5.13 Å². The van der Waals surface area contributed by atoms with Crippen molar-refractivity contribution in [3.05, 3.63) is 18.2 Å². The third-order valence-corrected chi connectivity index (χ3v) is 3.77. The van der Waals surface area contributed by atoms with E-state index in [0.29, 0.717) is 10.9 Å². The molecule has 0 unspecified atom stereocenters. The minimum atomic E-state index is 0.195. The number of nitrogens with zero attached hydrogens (tertiary/aromatic N) is 1. The van der Waals surface area contributed by atoms with Crippen molar-refractivity contribution in [2.24, 2.45) is 5.84 Å². The summed E-state index contributed by atoms with van der Waals surface area (Å²) >= 11 is 3.15. The molecule has 0 saturated carbocycles. The molecule has 15 heavy (non-hydrogen) atoms. The van der Waals surface area contributed by atoms with E-state index in [4.69, 9.17) is 10.9 Å². The second-order valence-electron chi connectivity index (χ2n) is 2.86. The van der Waals surface area contributed by atoms with Crippen molar-refractivity contribution in [1.29, 1.82) is 0 Å². The van der Waals surface area contributed by atoms with Gasteiger partial charge in [0.25, 0.3) is 0 Å². The van der Waals surface area contributed by atoms with Gasteiger partial charge in [0.05, 0.1) is 16.8 Å². The SMILES string of the molecule is NNc1nc2ccc(SCCO)cc2s1. The van der Waals surface area contributed by atoms with Crippen LogP contribution in [0.1, 0.15) is 0 Å². The average molecular weight is 241 g/mol. The number of rotatable bonds is 4. The molecule has 4 nitrogen and oxygen atoms in total. The highest BCUT2D eigenvalue weighted by Gasteiger charge is 2.03. The molecular formula is C9H11N3OS2. The fourth-order valence-electron chi connectivity index (χ4n) is 1.22. The van der Waals surface area contributed by atoms with Gasteiger partial charge in [0, 0.05) is 10.6 Å². The van der Waals surface area contributed by atoms with Gasteiger partial charge >= 0.3 is 0 Å². The average Bonchev–Trinajstić information content (AvgIpc) is 2.68. The summed E-state index contributed by atoms with van der Waals surface area (Å²) in [6, 6.07) is 6.03. The van der Waals surface area contributed by atoms with Crippen LogP contribution < -0.4 is 11.3 Å². The number of thioether (sulfide) groups is 1. The molecular weight excluding hydrogens is 230 g/mol. The zero-order valence-electron chi connectivity index (χ0n) is 7.93. The Labute approximate surface area is 95.5 Å². The summed E-state index contributed by atoms with van der Waals surface area (Å²) in [6.45, 7) is 0.195. The molecule has 1 aromatic heterocycles. The number of hydrogen-bond acceptors (Lipinski definition) is 6. The van der Waals surface area contributed by atoms with E-state index in [1.165, 1.54) is 11.3 Å². The number of benzene rings is 1. The molecule has 0 aliphatic rings. The van der Waals surface area contributed by atoms with Crippen molar-refractivity contribution in [3.63, 3.8) is 0 Å². The van der Waals surface area contributed by atoms with E-state index in [1.807, 2.05) is 12.1 Å². The number of aliphatic hydroxyl groups is 1. The number of aliphatic hydroxyl groups excluding tert-OH is 1. The van der Waals surface area contributed by atoms with Gasteiger partial charge in [-0.2, -0.15) is 0 Å². The molecule has 2 aromatic rings. The first-order chi connectivity index (χ1) is 7.33. The van der Waals surface area contributed by atoms with Crippen LogP contribution in [0.2, 0.25) is 0 Å². The molecule has 0 saturated heterocycles. The van der Waals surface area contributed by atoms with Gasteiger partial charge in [0.1, 0.15) is 0 Å². The van der Waals surface area contributed by atoms with Crippen LogP contribution in [-0.2, 0) is 0 Å². The van der Waals surface area contributed by atoms with Gasteiger partial charge < -0.3 is 5.11 Å². The molecule has 0 aliphatic carbocycles. The Kier molecular flexibility index (Phi) is 3.42. The molecule has 2 rings (SSSR count). The molecule has 0 radical (unpaired) electrons. The van der Waals surface area contributed by atoms with Crippen LogP contribution in [0.5, 0.6) is 0 Å². The number of hydrogen-bond donors (Lipinski definition) is 3. The summed E-state index contributed by atoms with van der Waals surface area (Å²) in [5.74, 6) is 6.01. The standard InChI is InChI=1S/C9H11N3OS2/c10-12-9-11-7-2-1-6(14-4-3-13)5-8(7)15-9/h1-2,5,13H,3-4,10H2,(H,11,12). The van der Waals surface area contributed by atoms with Gasteiger partial charge in [-0.05, 0) is 18.2 Å². The molecule has 80 valence electrons. The van der Waals surface area contributed by atoms with Crippen molar-refractivity contribution < 1.29 is 5.11 Å². The maximum atomic E-state index is 8.73. The number of thiazole rings is 1. The number of nitrogen functional groups attached to an aromatic ring is 1. The first-order valence-electron chi connectivity index (χ1n) is 4.44. The van der Waals surface area contributed by atoms with E-state index in [1.54, 1.807) is 11.8 Å². The number of anilines is 1.